The molecule has 0 amide bonds. The van der Waals surface area contributed by atoms with Crippen LogP contribution in [0.4, 0.5) is 0 Å². The molecule has 1 unspecified atom stereocenters. The van der Waals surface area contributed by atoms with Crippen molar-refractivity contribution < 1.29 is 14.6 Å². The highest BCUT2D eigenvalue weighted by Gasteiger charge is 2.17. The molecule has 2 heterocycles. The lowest BCUT2D eigenvalue weighted by atomic mass is 10.1. The molecule has 2 aromatic rings. The zero-order valence-electron chi connectivity index (χ0n) is 9.67. The number of aromatic amines is 1. The molecule has 0 fully saturated rings. The molecule has 0 spiro atoms. The summed E-state index contributed by atoms with van der Waals surface area (Å²) in [5, 5.41) is 16.5. The maximum absolute atomic E-state index is 10.1. The number of rotatable bonds is 2. The third kappa shape index (κ3) is 2.02. The minimum atomic E-state index is -0.843. The molecule has 1 aliphatic rings. The van der Waals surface area contributed by atoms with Gasteiger partial charge in [0.05, 0.1) is 13.2 Å². The molecule has 0 saturated heterocycles. The molecule has 1 aromatic heterocycles. The van der Waals surface area contributed by atoms with Gasteiger partial charge < -0.3 is 14.6 Å². The fraction of sp³-hybridized carbons (Fsp3) is 0.333. The standard InChI is InChI=1S/C12H13N3O3/c16-11(12-13-7-14-15-12)8-2-3-9-10(6-8)18-5-1-4-17-9/h2-3,6-7,11,16H,1,4-5H2,(H,13,14,15). The van der Waals surface area contributed by atoms with Crippen molar-refractivity contribution in [1.29, 1.82) is 0 Å². The number of H-pyrrole nitrogens is 1. The van der Waals surface area contributed by atoms with E-state index in [0.717, 1.165) is 6.42 Å². The van der Waals surface area contributed by atoms with Crippen LogP contribution in [0, 0.1) is 0 Å². The molecule has 0 radical (unpaired) electrons. The molecule has 6 nitrogen and oxygen atoms in total. The van der Waals surface area contributed by atoms with Crippen molar-refractivity contribution in [2.75, 3.05) is 13.2 Å². The van der Waals surface area contributed by atoms with Crippen LogP contribution in [-0.2, 0) is 0 Å². The predicted octanol–water partition coefficient (Wildman–Crippen LogP) is 1.05. The van der Waals surface area contributed by atoms with Crippen LogP contribution < -0.4 is 9.47 Å². The largest absolute Gasteiger partial charge is 0.490 e. The maximum atomic E-state index is 10.1. The van der Waals surface area contributed by atoms with Gasteiger partial charge in [0.25, 0.3) is 0 Å². The molecule has 3 rings (SSSR count). The highest BCUT2D eigenvalue weighted by molar-refractivity contribution is 5.44. The summed E-state index contributed by atoms with van der Waals surface area (Å²) < 4.78 is 11.1. The normalized spacial score (nSPS) is 16.1. The second-order valence-electron chi connectivity index (χ2n) is 4.03. The summed E-state index contributed by atoms with van der Waals surface area (Å²) in [5.74, 6) is 1.77. The van der Waals surface area contributed by atoms with E-state index in [1.807, 2.05) is 0 Å². The van der Waals surface area contributed by atoms with E-state index in [9.17, 15) is 5.11 Å². The number of fused-ring (bicyclic) bond motifs is 1. The predicted molar refractivity (Wildman–Crippen MR) is 62.5 cm³/mol. The summed E-state index contributed by atoms with van der Waals surface area (Å²) in [6.45, 7) is 1.27. The van der Waals surface area contributed by atoms with Gasteiger partial charge in [0.2, 0.25) is 0 Å². The van der Waals surface area contributed by atoms with Crippen LogP contribution in [0.3, 0.4) is 0 Å². The Hall–Kier alpha value is -2.08. The number of nitrogens with zero attached hydrogens (tertiary/aromatic N) is 2. The van der Waals surface area contributed by atoms with Gasteiger partial charge in [-0.25, -0.2) is 4.98 Å². The summed E-state index contributed by atoms with van der Waals surface area (Å²) in [6.07, 6.45) is 1.38. The Morgan fingerprint density at radius 2 is 2.06 bits per heavy atom. The molecule has 0 aliphatic carbocycles. The van der Waals surface area contributed by atoms with Gasteiger partial charge >= 0.3 is 0 Å². The number of nitrogens with one attached hydrogen (secondary N) is 1. The Bertz CT molecular complexity index is 527. The smallest absolute Gasteiger partial charge is 0.161 e. The number of aliphatic hydroxyl groups is 1. The lowest BCUT2D eigenvalue weighted by Gasteiger charge is -2.12. The molecule has 1 atom stereocenters. The van der Waals surface area contributed by atoms with Crippen molar-refractivity contribution in [3.8, 4) is 11.5 Å². The number of hydrogen-bond donors (Lipinski definition) is 2. The molecule has 94 valence electrons. The van der Waals surface area contributed by atoms with Crippen molar-refractivity contribution in [2.45, 2.75) is 12.5 Å². The van der Waals surface area contributed by atoms with E-state index >= 15 is 0 Å². The fourth-order valence-electron chi connectivity index (χ4n) is 1.85. The first-order valence-corrected chi connectivity index (χ1v) is 5.77. The van der Waals surface area contributed by atoms with Gasteiger partial charge in [0.1, 0.15) is 12.4 Å². The second-order valence-corrected chi connectivity index (χ2v) is 4.03. The summed E-state index contributed by atoms with van der Waals surface area (Å²) in [6, 6.07) is 5.37. The van der Waals surface area contributed by atoms with E-state index in [0.29, 0.717) is 36.1 Å². The summed E-state index contributed by atoms with van der Waals surface area (Å²) >= 11 is 0. The lowest BCUT2D eigenvalue weighted by Crippen LogP contribution is -2.03. The van der Waals surface area contributed by atoms with E-state index in [1.54, 1.807) is 18.2 Å². The van der Waals surface area contributed by atoms with E-state index in [2.05, 4.69) is 15.2 Å². The Morgan fingerprint density at radius 3 is 2.83 bits per heavy atom. The number of benzene rings is 1. The van der Waals surface area contributed by atoms with Gasteiger partial charge in [-0.1, -0.05) is 6.07 Å². The molecule has 2 N–H and O–H groups in total. The van der Waals surface area contributed by atoms with Gasteiger partial charge in [-0.15, -0.1) is 0 Å². The van der Waals surface area contributed by atoms with Crippen LogP contribution >= 0.6 is 0 Å². The van der Waals surface area contributed by atoms with Crippen molar-refractivity contribution in [3.05, 3.63) is 35.9 Å². The highest BCUT2D eigenvalue weighted by atomic mass is 16.5. The number of ether oxygens (including phenoxy) is 2. The number of aliphatic hydroxyl groups excluding tert-OH is 1. The van der Waals surface area contributed by atoms with E-state index < -0.39 is 6.10 Å². The minimum Gasteiger partial charge on any atom is -0.490 e. The third-order valence-corrected chi connectivity index (χ3v) is 2.78. The quantitative estimate of drug-likeness (QED) is 0.829. The first-order valence-electron chi connectivity index (χ1n) is 5.77. The Morgan fingerprint density at radius 1 is 1.22 bits per heavy atom. The van der Waals surface area contributed by atoms with Gasteiger partial charge in [0.15, 0.2) is 17.3 Å². The van der Waals surface area contributed by atoms with Gasteiger partial charge in [-0.3, -0.25) is 5.10 Å². The van der Waals surface area contributed by atoms with Crippen molar-refractivity contribution in [2.24, 2.45) is 0 Å². The summed E-state index contributed by atoms with van der Waals surface area (Å²) in [5.41, 5.74) is 0.691. The van der Waals surface area contributed by atoms with E-state index in [1.165, 1.54) is 6.33 Å². The van der Waals surface area contributed by atoms with Crippen LogP contribution in [0.2, 0.25) is 0 Å². The van der Waals surface area contributed by atoms with Crippen molar-refractivity contribution >= 4 is 0 Å². The number of aromatic nitrogens is 3. The zero-order valence-corrected chi connectivity index (χ0v) is 9.67. The summed E-state index contributed by atoms with van der Waals surface area (Å²) in [4.78, 5) is 3.93. The Labute approximate surface area is 104 Å². The fourth-order valence-corrected chi connectivity index (χ4v) is 1.85. The van der Waals surface area contributed by atoms with Gasteiger partial charge in [0, 0.05) is 6.42 Å². The van der Waals surface area contributed by atoms with Gasteiger partial charge in [-0.05, 0) is 17.7 Å². The summed E-state index contributed by atoms with van der Waals surface area (Å²) in [7, 11) is 0. The van der Waals surface area contributed by atoms with Crippen LogP contribution in [0.5, 0.6) is 11.5 Å². The van der Waals surface area contributed by atoms with Gasteiger partial charge in [-0.2, -0.15) is 5.10 Å². The van der Waals surface area contributed by atoms with Crippen molar-refractivity contribution in [3.63, 3.8) is 0 Å². The van der Waals surface area contributed by atoms with Crippen LogP contribution in [0.25, 0.3) is 0 Å². The average Bonchev–Trinajstić information content (AvgIpc) is 2.83. The van der Waals surface area contributed by atoms with E-state index in [4.69, 9.17) is 9.47 Å². The lowest BCUT2D eigenvalue weighted by molar-refractivity contribution is 0.209. The third-order valence-electron chi connectivity index (χ3n) is 2.78. The number of hydrogen-bond acceptors (Lipinski definition) is 5. The monoisotopic (exact) mass is 247 g/mol. The topological polar surface area (TPSA) is 80.3 Å². The highest BCUT2D eigenvalue weighted by Crippen LogP contribution is 2.33. The van der Waals surface area contributed by atoms with Crippen LogP contribution in [0.1, 0.15) is 23.9 Å². The molecule has 0 saturated carbocycles. The molecular weight excluding hydrogens is 234 g/mol. The Kier molecular flexibility index (Phi) is 2.85. The molecule has 1 aliphatic heterocycles. The van der Waals surface area contributed by atoms with Crippen LogP contribution in [-0.4, -0.2) is 33.5 Å². The van der Waals surface area contributed by atoms with E-state index in [-0.39, 0.29) is 0 Å². The van der Waals surface area contributed by atoms with Crippen molar-refractivity contribution in [1.82, 2.24) is 15.2 Å². The molecule has 0 bridgehead atoms. The maximum Gasteiger partial charge on any atom is 0.161 e. The SMILES string of the molecule is OC(c1ccc2c(c1)OCCCO2)c1ncn[nH]1. The minimum absolute atomic E-state index is 0.407. The molecule has 18 heavy (non-hydrogen) atoms. The molecule has 1 aromatic carbocycles. The molecule has 6 heteroatoms. The average molecular weight is 247 g/mol. The first-order chi connectivity index (χ1) is 8.84. The first kappa shape index (κ1) is 11.0. The Balaban J connectivity index is 1.92. The molecular formula is C12H13N3O3. The van der Waals surface area contributed by atoms with Crippen LogP contribution in [0.15, 0.2) is 24.5 Å². The zero-order chi connectivity index (χ0) is 12.4. The second kappa shape index (κ2) is 4.66.